The summed E-state index contributed by atoms with van der Waals surface area (Å²) in [7, 11) is -3.38. The van der Waals surface area contributed by atoms with Gasteiger partial charge >= 0.3 is 16.4 Å². The number of ether oxygens (including phenoxy) is 2. The van der Waals surface area contributed by atoms with Gasteiger partial charge in [-0.2, -0.15) is 13.5 Å². The highest BCUT2D eigenvalue weighted by molar-refractivity contribution is 7.80. The SMILES string of the molecule is COCC[C@]1(N)CC[C@H](NC(=N)c2ccc3c(c2)CC[C@H]([C@](C)(O/N=C(\C(=O)N[C@@H]2C(=O)N(OS(=O)(=O)O)C2(C)C)c2csc(N)n2)C(=O)O)O3)CC1. The summed E-state index contributed by atoms with van der Waals surface area (Å²) in [6.45, 7) is 4.59. The number of amidine groups is 1. The maximum absolute atomic E-state index is 13.5. The van der Waals surface area contributed by atoms with E-state index in [4.69, 9.17) is 35.7 Å². The molecule has 1 saturated carbocycles. The number of carboxylic acid groups (broad SMARTS) is 1. The molecule has 9 N–H and O–H groups in total. The molecular weight excluding hydrogens is 737 g/mol. The van der Waals surface area contributed by atoms with Gasteiger partial charge in [0.2, 0.25) is 0 Å². The summed E-state index contributed by atoms with van der Waals surface area (Å²) in [6, 6.07) is 3.96. The Kier molecular flexibility index (Phi) is 11.4. The Bertz CT molecular complexity index is 1890. The average Bonchev–Trinajstić information content (AvgIpc) is 3.54. The number of oxime groups is 1. The van der Waals surface area contributed by atoms with E-state index in [-0.39, 0.29) is 34.7 Å². The molecule has 1 aliphatic carbocycles. The highest BCUT2D eigenvalue weighted by Gasteiger charge is 2.58. The first-order valence-corrected chi connectivity index (χ1v) is 19.0. The molecule has 5 rings (SSSR count). The number of carboxylic acids is 1. The number of aliphatic carboxylic acids is 1. The highest BCUT2D eigenvalue weighted by Crippen LogP contribution is 2.36. The Labute approximate surface area is 309 Å². The third-order valence-corrected chi connectivity index (χ3v) is 10.9. The number of hydroxylamine groups is 2. The second-order valence-corrected chi connectivity index (χ2v) is 16.0. The molecule has 2 amide bonds. The second kappa shape index (κ2) is 15.1. The molecule has 2 fully saturated rings. The van der Waals surface area contributed by atoms with Crippen molar-refractivity contribution in [1.82, 2.24) is 20.7 Å². The van der Waals surface area contributed by atoms with Crippen molar-refractivity contribution in [2.24, 2.45) is 10.9 Å². The standard InChI is InChI=1S/C32H44N8O11S2/c1-30(2)24(27(42)40(30)51-53(45,46)47)38-26(41)23(20-16-52-29(34)37-20)39-50-31(3,28(43)44)22-8-6-17-15-18(5-7-21(17)49-22)25(33)36-19-9-11-32(35,12-10-19)13-14-48-4/h5,7,15-16,19,22,24H,6,8-14,35H2,1-4H3,(H2,33,36)(H2,34,37)(H,38,41)(H,43,44)(H,45,46,47)/b39-23-/t19-,22-,24-,31+,32-/m1/s1. The molecule has 0 spiro atoms. The van der Waals surface area contributed by atoms with Gasteiger partial charge in [0.25, 0.3) is 17.4 Å². The lowest BCUT2D eigenvalue weighted by Gasteiger charge is -2.50. The summed E-state index contributed by atoms with van der Waals surface area (Å²) >= 11 is 0.962. The molecule has 1 aromatic heterocycles. The Balaban J connectivity index is 1.28. The molecule has 3 aliphatic rings. The minimum Gasteiger partial charge on any atom is -0.485 e. The number of aromatic nitrogens is 1. The molecule has 2 aliphatic heterocycles. The first kappa shape index (κ1) is 39.8. The lowest BCUT2D eigenvalue weighted by molar-refractivity contribution is -0.218. The Hall–Kier alpha value is -4.41. The van der Waals surface area contributed by atoms with Crippen LogP contribution in [0.1, 0.15) is 76.1 Å². The molecule has 290 valence electrons. The average molecular weight is 781 g/mol. The quantitative estimate of drug-likeness (QED) is 0.0465. The molecule has 21 heteroatoms. The molecule has 53 heavy (non-hydrogen) atoms. The van der Waals surface area contributed by atoms with Crippen LogP contribution in [0.2, 0.25) is 0 Å². The van der Waals surface area contributed by atoms with Crippen LogP contribution in [-0.4, -0.2) is 106 Å². The highest BCUT2D eigenvalue weighted by atomic mass is 32.3. The number of hydrogen-bond acceptors (Lipinski definition) is 15. The molecule has 2 aromatic rings. The fourth-order valence-electron chi connectivity index (χ4n) is 6.51. The number of carbonyl (C=O) groups excluding carboxylic acids is 2. The van der Waals surface area contributed by atoms with Crippen LogP contribution in [0.5, 0.6) is 5.75 Å². The number of carbonyl (C=O) groups is 3. The van der Waals surface area contributed by atoms with Crippen LogP contribution >= 0.6 is 11.3 Å². The smallest absolute Gasteiger partial charge is 0.418 e. The summed E-state index contributed by atoms with van der Waals surface area (Å²) in [4.78, 5) is 48.5. The number of nitrogen functional groups attached to an aromatic ring is 1. The predicted octanol–water partition coefficient (Wildman–Crippen LogP) is 1.11. The number of benzene rings is 1. The molecule has 3 heterocycles. The van der Waals surface area contributed by atoms with Gasteiger partial charge in [0.15, 0.2) is 16.9 Å². The Morgan fingerprint density at radius 3 is 2.53 bits per heavy atom. The Morgan fingerprint density at radius 2 is 1.94 bits per heavy atom. The predicted molar refractivity (Wildman–Crippen MR) is 190 cm³/mol. The van der Waals surface area contributed by atoms with Gasteiger partial charge in [-0.05, 0) is 89.5 Å². The van der Waals surface area contributed by atoms with Crippen molar-refractivity contribution >= 4 is 56.2 Å². The molecule has 1 saturated heterocycles. The van der Waals surface area contributed by atoms with Crippen molar-refractivity contribution in [2.75, 3.05) is 19.5 Å². The van der Waals surface area contributed by atoms with Crippen molar-refractivity contribution < 1.29 is 51.1 Å². The largest absolute Gasteiger partial charge is 0.485 e. The minimum absolute atomic E-state index is 0.0541. The number of nitrogens with zero attached hydrogens (tertiary/aromatic N) is 3. The van der Waals surface area contributed by atoms with Crippen molar-refractivity contribution in [3.8, 4) is 5.75 Å². The Morgan fingerprint density at radius 1 is 1.25 bits per heavy atom. The first-order chi connectivity index (χ1) is 24.8. The maximum Gasteiger partial charge on any atom is 0.418 e. The van der Waals surface area contributed by atoms with Crippen LogP contribution in [0.15, 0.2) is 28.7 Å². The fraction of sp³-hybridized carbons (Fsp3) is 0.562. The van der Waals surface area contributed by atoms with Crippen molar-refractivity contribution in [3.63, 3.8) is 0 Å². The van der Waals surface area contributed by atoms with Gasteiger partial charge in [-0.25, -0.2) is 9.78 Å². The number of fused-ring (bicyclic) bond motifs is 1. The zero-order valence-corrected chi connectivity index (χ0v) is 31.2. The van der Waals surface area contributed by atoms with E-state index in [2.05, 4.69) is 25.1 Å². The molecule has 0 radical (unpaired) electrons. The van der Waals surface area contributed by atoms with Gasteiger partial charge < -0.3 is 41.5 Å². The number of aryl methyl sites for hydroxylation is 1. The van der Waals surface area contributed by atoms with Crippen molar-refractivity contribution in [1.29, 1.82) is 5.41 Å². The number of rotatable bonds is 14. The van der Waals surface area contributed by atoms with Crippen LogP contribution in [0.25, 0.3) is 0 Å². The molecule has 0 unspecified atom stereocenters. The van der Waals surface area contributed by atoms with E-state index >= 15 is 0 Å². The van der Waals surface area contributed by atoms with Crippen molar-refractivity contribution in [2.45, 2.75) is 101 Å². The topological polar surface area (TPSA) is 291 Å². The number of β-lactam (4-membered cyclic amide) rings is 1. The van der Waals surface area contributed by atoms with E-state index in [9.17, 15) is 27.9 Å². The lowest BCUT2D eigenvalue weighted by atomic mass is 9.78. The van der Waals surface area contributed by atoms with E-state index in [0.29, 0.717) is 29.4 Å². The molecule has 19 nitrogen and oxygen atoms in total. The number of methoxy groups -OCH3 is 1. The molecule has 1 aromatic carbocycles. The van der Waals surface area contributed by atoms with Crippen LogP contribution in [-0.2, 0) is 45.1 Å². The second-order valence-electron chi connectivity index (χ2n) is 14.1. The van der Waals surface area contributed by atoms with E-state index < -0.39 is 57.2 Å². The lowest BCUT2D eigenvalue weighted by Crippen LogP contribution is -2.76. The van der Waals surface area contributed by atoms with Crippen LogP contribution in [0, 0.1) is 5.41 Å². The van der Waals surface area contributed by atoms with E-state index in [1.54, 1.807) is 19.2 Å². The monoisotopic (exact) mass is 780 g/mol. The fourth-order valence-corrected chi connectivity index (χ4v) is 7.51. The third kappa shape index (κ3) is 8.71. The van der Waals surface area contributed by atoms with Crippen molar-refractivity contribution in [3.05, 3.63) is 40.4 Å². The van der Waals surface area contributed by atoms with Gasteiger partial charge in [-0.15, -0.1) is 15.6 Å². The number of hydrogen-bond donors (Lipinski definition) is 7. The molecule has 0 bridgehead atoms. The van der Waals surface area contributed by atoms with E-state index in [1.807, 2.05) is 6.07 Å². The van der Waals surface area contributed by atoms with Gasteiger partial charge in [0.1, 0.15) is 23.3 Å². The van der Waals surface area contributed by atoms with Gasteiger partial charge in [0.05, 0.1) is 5.54 Å². The maximum atomic E-state index is 13.5. The summed E-state index contributed by atoms with van der Waals surface area (Å²) in [5.74, 6) is -2.81. The number of nitrogens with two attached hydrogens (primary N) is 2. The zero-order valence-electron chi connectivity index (χ0n) is 29.6. The van der Waals surface area contributed by atoms with Gasteiger partial charge in [-0.1, -0.05) is 5.16 Å². The van der Waals surface area contributed by atoms with E-state index in [0.717, 1.165) is 49.0 Å². The summed E-state index contributed by atoms with van der Waals surface area (Å²) in [5.41, 5.74) is 9.26. The number of anilines is 1. The summed E-state index contributed by atoms with van der Waals surface area (Å²) < 4.78 is 47.1. The molecular formula is C32H44N8O11S2. The van der Waals surface area contributed by atoms with E-state index in [1.165, 1.54) is 26.2 Å². The first-order valence-electron chi connectivity index (χ1n) is 16.7. The van der Waals surface area contributed by atoms with Crippen LogP contribution < -0.4 is 26.8 Å². The molecule has 3 atom stereocenters. The van der Waals surface area contributed by atoms with Crippen LogP contribution in [0.3, 0.4) is 0 Å². The van der Waals surface area contributed by atoms with Gasteiger partial charge in [-0.3, -0.25) is 19.6 Å². The summed E-state index contributed by atoms with van der Waals surface area (Å²) in [6.07, 6.45) is 3.57. The summed E-state index contributed by atoms with van der Waals surface area (Å²) in [5, 5.41) is 30.5. The number of nitrogens with one attached hydrogen (secondary N) is 3. The normalized spacial score (nSPS) is 25.2. The minimum atomic E-state index is -5.04. The van der Waals surface area contributed by atoms with Crippen LogP contribution in [0.4, 0.5) is 5.13 Å². The number of thiazole rings is 1. The zero-order chi connectivity index (χ0) is 38.9. The third-order valence-electron chi connectivity index (χ3n) is 9.89. The number of amides is 2. The van der Waals surface area contributed by atoms with Gasteiger partial charge in [0, 0.05) is 36.2 Å².